The van der Waals surface area contributed by atoms with Gasteiger partial charge in [-0.1, -0.05) is 18.2 Å². The van der Waals surface area contributed by atoms with Crippen molar-refractivity contribution in [1.82, 2.24) is 9.97 Å². The zero-order valence-corrected chi connectivity index (χ0v) is 12.2. The summed E-state index contributed by atoms with van der Waals surface area (Å²) in [5, 5.41) is 17.7. The van der Waals surface area contributed by atoms with Crippen LogP contribution < -0.4 is 10.6 Å². The van der Waals surface area contributed by atoms with Crippen LogP contribution in [0, 0.1) is 10.1 Å². The molecule has 2 aromatic rings. The van der Waals surface area contributed by atoms with Gasteiger partial charge in [-0.15, -0.1) is 6.58 Å². The summed E-state index contributed by atoms with van der Waals surface area (Å²) in [4.78, 5) is 19.2. The van der Waals surface area contributed by atoms with Gasteiger partial charge in [0.05, 0.1) is 10.4 Å². The standard InChI is InChI=1S/C15H17N5O2/c1-3-5-9-17-15-18-13-7-6-11(20(21)22)10-12(13)14(19-15)16-8-4-2/h3-7,10H,2,8-9H2,1H3,(H2,16,17,18,19). The molecule has 0 aliphatic carbocycles. The number of benzene rings is 1. The van der Waals surface area contributed by atoms with E-state index in [2.05, 4.69) is 27.2 Å². The number of nitrogens with zero attached hydrogens (tertiary/aromatic N) is 3. The van der Waals surface area contributed by atoms with Gasteiger partial charge in [0.15, 0.2) is 0 Å². The number of hydrogen-bond donors (Lipinski definition) is 2. The van der Waals surface area contributed by atoms with E-state index in [0.29, 0.717) is 35.8 Å². The van der Waals surface area contributed by atoms with Crippen LogP contribution in [0.4, 0.5) is 17.5 Å². The maximum atomic E-state index is 10.9. The number of nitro benzene ring substituents is 1. The molecule has 0 saturated heterocycles. The van der Waals surface area contributed by atoms with Gasteiger partial charge < -0.3 is 10.6 Å². The third kappa shape index (κ3) is 3.57. The molecule has 1 heterocycles. The zero-order chi connectivity index (χ0) is 15.9. The second-order valence-electron chi connectivity index (χ2n) is 4.47. The minimum Gasteiger partial charge on any atom is -0.366 e. The van der Waals surface area contributed by atoms with Crippen LogP contribution in [-0.4, -0.2) is 28.0 Å². The predicted octanol–water partition coefficient (Wildman–Crippen LogP) is 3.12. The summed E-state index contributed by atoms with van der Waals surface area (Å²) in [7, 11) is 0. The van der Waals surface area contributed by atoms with Crippen LogP contribution >= 0.6 is 0 Å². The summed E-state index contributed by atoms with van der Waals surface area (Å²) in [6, 6.07) is 4.52. The lowest BCUT2D eigenvalue weighted by atomic mass is 10.2. The summed E-state index contributed by atoms with van der Waals surface area (Å²) < 4.78 is 0. The van der Waals surface area contributed by atoms with Gasteiger partial charge in [0.1, 0.15) is 5.82 Å². The Morgan fingerprint density at radius 1 is 1.32 bits per heavy atom. The Morgan fingerprint density at radius 3 is 2.82 bits per heavy atom. The van der Waals surface area contributed by atoms with Crippen molar-refractivity contribution >= 4 is 28.4 Å². The Balaban J connectivity index is 2.47. The number of nitrogens with one attached hydrogen (secondary N) is 2. The van der Waals surface area contributed by atoms with Gasteiger partial charge >= 0.3 is 0 Å². The Kier molecular flexibility index (Phi) is 5.02. The van der Waals surface area contributed by atoms with E-state index in [1.54, 1.807) is 12.1 Å². The van der Waals surface area contributed by atoms with Crippen LogP contribution in [0.1, 0.15) is 6.92 Å². The maximum Gasteiger partial charge on any atom is 0.270 e. The van der Waals surface area contributed by atoms with E-state index in [9.17, 15) is 10.1 Å². The number of rotatable bonds is 7. The lowest BCUT2D eigenvalue weighted by Crippen LogP contribution is -2.08. The molecule has 7 nitrogen and oxygen atoms in total. The van der Waals surface area contributed by atoms with E-state index < -0.39 is 4.92 Å². The zero-order valence-electron chi connectivity index (χ0n) is 12.2. The predicted molar refractivity (Wildman–Crippen MR) is 88.2 cm³/mol. The lowest BCUT2D eigenvalue weighted by Gasteiger charge is -2.10. The first kappa shape index (κ1) is 15.4. The Labute approximate surface area is 127 Å². The SMILES string of the molecule is C=CCNc1nc(NCC=CC)nc2ccc([N+](=O)[O-])cc12. The molecule has 0 amide bonds. The first-order valence-corrected chi connectivity index (χ1v) is 6.81. The molecule has 22 heavy (non-hydrogen) atoms. The van der Waals surface area contributed by atoms with Gasteiger partial charge in [-0.05, 0) is 13.0 Å². The van der Waals surface area contributed by atoms with Crippen molar-refractivity contribution in [1.29, 1.82) is 0 Å². The average molecular weight is 299 g/mol. The molecule has 7 heteroatoms. The van der Waals surface area contributed by atoms with E-state index in [1.165, 1.54) is 12.1 Å². The highest BCUT2D eigenvalue weighted by Gasteiger charge is 2.12. The smallest absolute Gasteiger partial charge is 0.270 e. The summed E-state index contributed by atoms with van der Waals surface area (Å²) >= 11 is 0. The monoisotopic (exact) mass is 299 g/mol. The van der Waals surface area contributed by atoms with Gasteiger partial charge in [0.2, 0.25) is 5.95 Å². The van der Waals surface area contributed by atoms with Crippen LogP contribution in [0.15, 0.2) is 43.0 Å². The van der Waals surface area contributed by atoms with Crippen molar-refractivity contribution < 1.29 is 4.92 Å². The molecule has 0 spiro atoms. The van der Waals surface area contributed by atoms with E-state index in [4.69, 9.17) is 0 Å². The first-order chi connectivity index (χ1) is 10.7. The van der Waals surface area contributed by atoms with Crippen molar-refractivity contribution in [2.75, 3.05) is 23.7 Å². The maximum absolute atomic E-state index is 10.9. The molecule has 114 valence electrons. The molecule has 2 rings (SSSR count). The number of non-ortho nitro benzene ring substituents is 1. The largest absolute Gasteiger partial charge is 0.366 e. The normalized spacial score (nSPS) is 10.8. The van der Waals surface area contributed by atoms with Crippen LogP contribution in [0.25, 0.3) is 10.9 Å². The van der Waals surface area contributed by atoms with Crippen molar-refractivity contribution in [3.05, 3.63) is 53.1 Å². The minimum atomic E-state index is -0.436. The summed E-state index contributed by atoms with van der Waals surface area (Å²) in [5.74, 6) is 1.00. The molecule has 0 aliphatic heterocycles. The Morgan fingerprint density at radius 2 is 2.14 bits per heavy atom. The summed E-state index contributed by atoms with van der Waals surface area (Å²) in [6.45, 7) is 6.69. The molecular formula is C15H17N5O2. The van der Waals surface area contributed by atoms with E-state index in [-0.39, 0.29) is 5.69 Å². The molecule has 0 unspecified atom stereocenters. The van der Waals surface area contributed by atoms with Crippen LogP contribution in [-0.2, 0) is 0 Å². The molecule has 2 N–H and O–H groups in total. The fraction of sp³-hybridized carbons (Fsp3) is 0.200. The second kappa shape index (κ2) is 7.16. The van der Waals surface area contributed by atoms with Gasteiger partial charge in [0.25, 0.3) is 5.69 Å². The molecule has 0 fully saturated rings. The van der Waals surface area contributed by atoms with Crippen molar-refractivity contribution in [3.8, 4) is 0 Å². The fourth-order valence-corrected chi connectivity index (χ4v) is 1.88. The Bertz CT molecular complexity index is 727. The van der Waals surface area contributed by atoms with Gasteiger partial charge in [-0.3, -0.25) is 10.1 Å². The second-order valence-corrected chi connectivity index (χ2v) is 4.47. The third-order valence-electron chi connectivity index (χ3n) is 2.92. The fourth-order valence-electron chi connectivity index (χ4n) is 1.88. The van der Waals surface area contributed by atoms with Crippen molar-refractivity contribution in [3.63, 3.8) is 0 Å². The number of fused-ring (bicyclic) bond motifs is 1. The number of allylic oxidation sites excluding steroid dienone is 1. The van der Waals surface area contributed by atoms with Gasteiger partial charge in [-0.2, -0.15) is 4.98 Å². The van der Waals surface area contributed by atoms with Crippen molar-refractivity contribution in [2.24, 2.45) is 0 Å². The minimum absolute atomic E-state index is 0.00683. The highest BCUT2D eigenvalue weighted by Crippen LogP contribution is 2.26. The average Bonchev–Trinajstić information content (AvgIpc) is 2.52. The molecular weight excluding hydrogens is 282 g/mol. The van der Waals surface area contributed by atoms with Crippen LogP contribution in [0.5, 0.6) is 0 Å². The summed E-state index contributed by atoms with van der Waals surface area (Å²) in [5.41, 5.74) is 0.641. The topological polar surface area (TPSA) is 93.0 Å². The number of nitro groups is 1. The van der Waals surface area contributed by atoms with E-state index >= 15 is 0 Å². The molecule has 0 aliphatic rings. The molecule has 0 bridgehead atoms. The van der Waals surface area contributed by atoms with Crippen molar-refractivity contribution in [2.45, 2.75) is 6.92 Å². The molecule has 0 radical (unpaired) electrons. The first-order valence-electron chi connectivity index (χ1n) is 6.81. The number of aromatic nitrogens is 2. The Hall–Kier alpha value is -2.96. The highest BCUT2D eigenvalue weighted by molar-refractivity contribution is 5.91. The molecule has 1 aromatic carbocycles. The molecule has 0 saturated carbocycles. The van der Waals surface area contributed by atoms with Gasteiger partial charge in [0, 0.05) is 30.6 Å². The molecule has 0 atom stereocenters. The van der Waals surface area contributed by atoms with E-state index in [1.807, 2.05) is 19.1 Å². The molecule has 1 aromatic heterocycles. The van der Waals surface area contributed by atoms with Crippen LogP contribution in [0.3, 0.4) is 0 Å². The quantitative estimate of drug-likeness (QED) is 0.463. The lowest BCUT2D eigenvalue weighted by molar-refractivity contribution is -0.384. The third-order valence-corrected chi connectivity index (χ3v) is 2.92. The highest BCUT2D eigenvalue weighted by atomic mass is 16.6. The summed E-state index contributed by atoms with van der Waals surface area (Å²) in [6.07, 6.45) is 5.56. The van der Waals surface area contributed by atoms with E-state index in [0.717, 1.165) is 0 Å². The van der Waals surface area contributed by atoms with Gasteiger partial charge in [-0.25, -0.2) is 4.98 Å². The number of anilines is 2. The van der Waals surface area contributed by atoms with Crippen LogP contribution in [0.2, 0.25) is 0 Å². The number of hydrogen-bond acceptors (Lipinski definition) is 6.